The van der Waals surface area contributed by atoms with E-state index in [4.69, 9.17) is 9.84 Å². The van der Waals surface area contributed by atoms with Crippen molar-refractivity contribution in [3.05, 3.63) is 12.7 Å². The normalized spacial score (nSPS) is 26.2. The van der Waals surface area contributed by atoms with Gasteiger partial charge in [-0.15, -0.1) is 0 Å². The molecule has 7 N–H and O–H groups in total. The quantitative estimate of drug-likeness (QED) is 0.261. The van der Waals surface area contributed by atoms with Crippen LogP contribution in [-0.4, -0.2) is 94.1 Å². The van der Waals surface area contributed by atoms with E-state index >= 15 is 0 Å². The van der Waals surface area contributed by atoms with Crippen molar-refractivity contribution in [2.45, 2.75) is 43.6 Å². The molecule has 1 aliphatic heterocycles. The molecule has 2 aromatic heterocycles. The van der Waals surface area contributed by atoms with Crippen LogP contribution in [0.15, 0.2) is 12.7 Å². The standard InChI is InChI=1S/C15H20N6O8/c1-5(23)7(14(26)27)19-15(28)20-11-8-12(17-3-16-11)21(4-18-8)13-10(25)9(24)6(2-22)29-13/h3-7,9-10,13,22-25H,2H2,1H3,(H,26,27)(H2,16,17,19,20,28)/t5?,6-,7+,9-,10-,13-/m1/s1. The summed E-state index contributed by atoms with van der Waals surface area (Å²) in [7, 11) is 0. The van der Waals surface area contributed by atoms with Crippen molar-refractivity contribution in [1.29, 1.82) is 0 Å². The predicted octanol–water partition coefficient (Wildman–Crippen LogP) is -2.61. The SMILES string of the molecule is CC(O)[C@H](NC(=O)Nc1ncnc2c1ncn2[C@@H]1O[C@H](CO)[C@@H](O)[C@H]1O)C(=O)O. The number of rotatable bonds is 6. The lowest BCUT2D eigenvalue weighted by Gasteiger charge is -2.17. The van der Waals surface area contributed by atoms with Crippen LogP contribution >= 0.6 is 0 Å². The third-order valence-corrected chi connectivity index (χ3v) is 4.42. The number of carbonyl (C=O) groups is 2. The Labute approximate surface area is 162 Å². The monoisotopic (exact) mass is 412 g/mol. The molecule has 2 amide bonds. The first kappa shape index (κ1) is 20.8. The Morgan fingerprint density at radius 2 is 2.00 bits per heavy atom. The van der Waals surface area contributed by atoms with Gasteiger partial charge in [-0.2, -0.15) is 0 Å². The molecule has 29 heavy (non-hydrogen) atoms. The Morgan fingerprint density at radius 3 is 2.59 bits per heavy atom. The Bertz CT molecular complexity index is 904. The Balaban J connectivity index is 1.83. The lowest BCUT2D eigenvalue weighted by atomic mass is 10.1. The molecule has 1 aliphatic rings. The fourth-order valence-electron chi connectivity index (χ4n) is 2.91. The Morgan fingerprint density at radius 1 is 1.28 bits per heavy atom. The minimum atomic E-state index is -1.54. The van der Waals surface area contributed by atoms with Crippen LogP contribution in [-0.2, 0) is 9.53 Å². The number of imidazole rings is 1. The summed E-state index contributed by atoms with van der Waals surface area (Å²) in [5, 5.41) is 52.2. The average Bonchev–Trinajstić information content (AvgIpc) is 3.21. The maximum absolute atomic E-state index is 12.1. The van der Waals surface area contributed by atoms with Crippen LogP contribution in [0, 0.1) is 0 Å². The number of hydrogen-bond acceptors (Lipinski definition) is 10. The van der Waals surface area contributed by atoms with Crippen LogP contribution in [0.1, 0.15) is 13.2 Å². The molecule has 3 heterocycles. The molecule has 1 saturated heterocycles. The van der Waals surface area contributed by atoms with Gasteiger partial charge in [-0.25, -0.2) is 24.5 Å². The van der Waals surface area contributed by atoms with Gasteiger partial charge in [-0.1, -0.05) is 0 Å². The number of nitrogens with one attached hydrogen (secondary N) is 2. The summed E-state index contributed by atoms with van der Waals surface area (Å²) in [6, 6.07) is -2.48. The average molecular weight is 412 g/mol. The number of urea groups is 1. The zero-order chi connectivity index (χ0) is 21.3. The number of anilines is 1. The first-order valence-electron chi connectivity index (χ1n) is 8.53. The van der Waals surface area contributed by atoms with Gasteiger partial charge >= 0.3 is 12.0 Å². The van der Waals surface area contributed by atoms with Gasteiger partial charge in [-0.3, -0.25) is 9.88 Å². The van der Waals surface area contributed by atoms with Gasteiger partial charge in [-0.05, 0) is 6.92 Å². The molecule has 0 spiro atoms. The highest BCUT2D eigenvalue weighted by atomic mass is 16.6. The second-order valence-electron chi connectivity index (χ2n) is 6.43. The van der Waals surface area contributed by atoms with Gasteiger partial charge in [0.15, 0.2) is 29.3 Å². The lowest BCUT2D eigenvalue weighted by Crippen LogP contribution is -2.49. The number of carboxylic acid groups (broad SMARTS) is 1. The molecule has 6 atom stereocenters. The fraction of sp³-hybridized carbons (Fsp3) is 0.533. The number of aliphatic hydroxyl groups excluding tert-OH is 4. The Hall–Kier alpha value is -2.91. The second kappa shape index (κ2) is 8.22. The number of amides is 2. The van der Waals surface area contributed by atoms with E-state index in [0.29, 0.717) is 0 Å². The summed E-state index contributed by atoms with van der Waals surface area (Å²) >= 11 is 0. The van der Waals surface area contributed by atoms with Gasteiger partial charge in [0.1, 0.15) is 24.6 Å². The molecule has 1 fully saturated rings. The molecular formula is C15H20N6O8. The van der Waals surface area contributed by atoms with Crippen LogP contribution in [0.5, 0.6) is 0 Å². The molecule has 158 valence electrons. The molecule has 0 aliphatic carbocycles. The summed E-state index contributed by atoms with van der Waals surface area (Å²) in [4.78, 5) is 35.2. The van der Waals surface area contributed by atoms with Crippen LogP contribution in [0.25, 0.3) is 11.2 Å². The van der Waals surface area contributed by atoms with Gasteiger partial charge < -0.3 is 35.6 Å². The number of fused-ring (bicyclic) bond motifs is 1. The second-order valence-corrected chi connectivity index (χ2v) is 6.43. The number of aliphatic carboxylic acids is 1. The van der Waals surface area contributed by atoms with E-state index in [1.165, 1.54) is 17.8 Å². The van der Waals surface area contributed by atoms with Crippen molar-refractivity contribution in [2.75, 3.05) is 11.9 Å². The molecule has 14 heteroatoms. The third kappa shape index (κ3) is 3.96. The van der Waals surface area contributed by atoms with E-state index in [1.807, 2.05) is 0 Å². The van der Waals surface area contributed by atoms with Gasteiger partial charge in [0.05, 0.1) is 19.0 Å². The highest BCUT2D eigenvalue weighted by Crippen LogP contribution is 2.32. The number of aromatic nitrogens is 4. The van der Waals surface area contributed by atoms with Crippen molar-refractivity contribution in [1.82, 2.24) is 24.8 Å². The van der Waals surface area contributed by atoms with Crippen molar-refractivity contribution < 1.29 is 39.9 Å². The van der Waals surface area contributed by atoms with Crippen molar-refractivity contribution in [3.63, 3.8) is 0 Å². The van der Waals surface area contributed by atoms with Crippen molar-refractivity contribution in [3.8, 4) is 0 Å². The molecule has 0 radical (unpaired) electrons. The largest absolute Gasteiger partial charge is 0.480 e. The van der Waals surface area contributed by atoms with Crippen LogP contribution < -0.4 is 10.6 Å². The highest BCUT2D eigenvalue weighted by Gasteiger charge is 2.44. The number of aliphatic hydroxyl groups is 4. The zero-order valence-electron chi connectivity index (χ0n) is 15.1. The van der Waals surface area contributed by atoms with E-state index in [0.717, 1.165) is 6.33 Å². The van der Waals surface area contributed by atoms with E-state index in [1.54, 1.807) is 0 Å². The third-order valence-electron chi connectivity index (χ3n) is 4.42. The molecule has 2 aromatic rings. The topological polar surface area (TPSA) is 212 Å². The molecule has 0 saturated carbocycles. The van der Waals surface area contributed by atoms with E-state index in [-0.39, 0.29) is 17.0 Å². The zero-order valence-corrected chi connectivity index (χ0v) is 15.1. The van der Waals surface area contributed by atoms with Gasteiger partial charge in [0.2, 0.25) is 0 Å². The first-order chi connectivity index (χ1) is 13.7. The highest BCUT2D eigenvalue weighted by molar-refractivity contribution is 5.97. The minimum absolute atomic E-state index is 0.0623. The van der Waals surface area contributed by atoms with Crippen LogP contribution in [0.3, 0.4) is 0 Å². The van der Waals surface area contributed by atoms with Gasteiger partial charge in [0.25, 0.3) is 0 Å². The van der Waals surface area contributed by atoms with E-state index in [9.17, 15) is 30.0 Å². The number of ether oxygens (including phenoxy) is 1. The molecular weight excluding hydrogens is 392 g/mol. The summed E-state index contributed by atoms with van der Waals surface area (Å²) in [5.74, 6) is -1.48. The summed E-state index contributed by atoms with van der Waals surface area (Å²) in [6.07, 6.45) is -3.75. The van der Waals surface area contributed by atoms with Crippen molar-refractivity contribution >= 4 is 29.0 Å². The lowest BCUT2D eigenvalue weighted by molar-refractivity contribution is -0.141. The minimum Gasteiger partial charge on any atom is -0.480 e. The summed E-state index contributed by atoms with van der Waals surface area (Å²) < 4.78 is 6.74. The van der Waals surface area contributed by atoms with E-state index in [2.05, 4.69) is 25.6 Å². The maximum Gasteiger partial charge on any atom is 0.328 e. The van der Waals surface area contributed by atoms with Crippen LogP contribution in [0.4, 0.5) is 10.6 Å². The maximum atomic E-state index is 12.1. The molecule has 14 nitrogen and oxygen atoms in total. The smallest absolute Gasteiger partial charge is 0.328 e. The molecule has 3 rings (SSSR count). The van der Waals surface area contributed by atoms with E-state index < -0.39 is 55.3 Å². The Kier molecular flexibility index (Phi) is 5.90. The molecule has 1 unspecified atom stereocenters. The number of carboxylic acids is 1. The van der Waals surface area contributed by atoms with Crippen LogP contribution in [0.2, 0.25) is 0 Å². The summed E-state index contributed by atoms with van der Waals surface area (Å²) in [6.45, 7) is 0.710. The molecule has 0 bridgehead atoms. The molecule has 0 aromatic carbocycles. The predicted molar refractivity (Wildman–Crippen MR) is 93.6 cm³/mol. The fourth-order valence-corrected chi connectivity index (χ4v) is 2.91. The number of hydrogen-bond donors (Lipinski definition) is 7. The van der Waals surface area contributed by atoms with Crippen molar-refractivity contribution in [2.24, 2.45) is 0 Å². The first-order valence-corrected chi connectivity index (χ1v) is 8.53. The number of carbonyl (C=O) groups excluding carboxylic acids is 1. The summed E-state index contributed by atoms with van der Waals surface area (Å²) in [5.41, 5.74) is 0.250. The van der Waals surface area contributed by atoms with Gasteiger partial charge in [0, 0.05) is 0 Å². The number of nitrogens with zero attached hydrogens (tertiary/aromatic N) is 4.